The molecule has 2 heterocycles. The molecule has 0 saturated carbocycles. The fourth-order valence-electron chi connectivity index (χ4n) is 3.40. The summed E-state index contributed by atoms with van der Waals surface area (Å²) in [7, 11) is 0. The highest BCUT2D eigenvalue weighted by Gasteiger charge is 2.29. The zero-order valence-electron chi connectivity index (χ0n) is 15.8. The van der Waals surface area contributed by atoms with E-state index >= 15 is 0 Å². The van der Waals surface area contributed by atoms with Crippen LogP contribution in [0.3, 0.4) is 0 Å². The van der Waals surface area contributed by atoms with Crippen LogP contribution in [0.5, 0.6) is 5.75 Å². The van der Waals surface area contributed by atoms with Crippen LogP contribution in [0.4, 0.5) is 0 Å². The van der Waals surface area contributed by atoms with Gasteiger partial charge in [-0.15, -0.1) is 11.3 Å². The minimum Gasteiger partial charge on any atom is -0.507 e. The number of thiophene rings is 1. The van der Waals surface area contributed by atoms with E-state index in [0.29, 0.717) is 38.0 Å². The fourth-order valence-corrected chi connectivity index (χ4v) is 4.11. The molecule has 2 aromatic rings. The third-order valence-corrected chi connectivity index (χ3v) is 6.27. The van der Waals surface area contributed by atoms with E-state index in [-0.39, 0.29) is 23.5 Å². The summed E-state index contributed by atoms with van der Waals surface area (Å²) in [5.74, 6) is -0.0704. The van der Waals surface area contributed by atoms with Crippen molar-refractivity contribution in [1.82, 2.24) is 10.2 Å². The van der Waals surface area contributed by atoms with Crippen LogP contribution < -0.4 is 5.32 Å². The maximum atomic E-state index is 12.7. The maximum absolute atomic E-state index is 12.7. The van der Waals surface area contributed by atoms with E-state index < -0.39 is 0 Å². The molecule has 1 aromatic heterocycles. The van der Waals surface area contributed by atoms with Gasteiger partial charge in [-0.3, -0.25) is 9.59 Å². The minimum atomic E-state index is -0.160. The van der Waals surface area contributed by atoms with Crippen molar-refractivity contribution in [3.8, 4) is 5.75 Å². The summed E-state index contributed by atoms with van der Waals surface area (Å²) in [5, 5.41) is 15.3. The first kappa shape index (κ1) is 19.4. The second-order valence-corrected chi connectivity index (χ2v) is 8.12. The summed E-state index contributed by atoms with van der Waals surface area (Å²) >= 11 is 1.70. The highest BCUT2D eigenvalue weighted by molar-refractivity contribution is 7.09. The summed E-state index contributed by atoms with van der Waals surface area (Å²) in [6.45, 7) is 5.44. The standard InChI is InChI=1S/C21H26N2O3S/c1-14-5-6-18(19(24)15(14)2)21(26)23-11-8-16(9-12-23)20(25)22-10-7-17-4-3-13-27-17/h3-6,13,16,24H,7-12H2,1-2H3,(H,22,25). The van der Waals surface area contributed by atoms with E-state index in [0.717, 1.165) is 17.5 Å². The number of hydrogen-bond donors (Lipinski definition) is 2. The molecule has 144 valence electrons. The molecule has 1 aromatic carbocycles. The van der Waals surface area contributed by atoms with Crippen LogP contribution in [0.2, 0.25) is 0 Å². The van der Waals surface area contributed by atoms with Gasteiger partial charge in [-0.1, -0.05) is 12.1 Å². The highest BCUT2D eigenvalue weighted by atomic mass is 32.1. The van der Waals surface area contributed by atoms with Gasteiger partial charge in [0.25, 0.3) is 5.91 Å². The van der Waals surface area contributed by atoms with E-state index in [1.165, 1.54) is 4.88 Å². The number of amides is 2. The normalized spacial score (nSPS) is 15.0. The van der Waals surface area contributed by atoms with Crippen molar-refractivity contribution in [3.63, 3.8) is 0 Å². The molecule has 1 fully saturated rings. The SMILES string of the molecule is Cc1ccc(C(=O)N2CCC(C(=O)NCCc3cccs3)CC2)c(O)c1C. The van der Waals surface area contributed by atoms with Crippen LogP contribution in [0, 0.1) is 19.8 Å². The molecule has 0 bridgehead atoms. The second-order valence-electron chi connectivity index (χ2n) is 7.09. The number of benzene rings is 1. The molecular formula is C21H26N2O3S. The van der Waals surface area contributed by atoms with Gasteiger partial charge in [0.15, 0.2) is 0 Å². The molecular weight excluding hydrogens is 360 g/mol. The zero-order valence-corrected chi connectivity index (χ0v) is 16.6. The molecule has 3 rings (SSSR count). The second kappa shape index (κ2) is 8.57. The average molecular weight is 387 g/mol. The summed E-state index contributed by atoms with van der Waals surface area (Å²) < 4.78 is 0. The van der Waals surface area contributed by atoms with Gasteiger partial charge < -0.3 is 15.3 Å². The summed E-state index contributed by atoms with van der Waals surface area (Å²) in [6, 6.07) is 7.63. The number of piperidine rings is 1. The predicted octanol–water partition coefficient (Wildman–Crippen LogP) is 3.28. The Hall–Kier alpha value is -2.34. The number of hydrogen-bond acceptors (Lipinski definition) is 4. The van der Waals surface area contributed by atoms with E-state index in [2.05, 4.69) is 11.4 Å². The smallest absolute Gasteiger partial charge is 0.257 e. The molecule has 1 aliphatic rings. The Morgan fingerprint density at radius 3 is 2.63 bits per heavy atom. The molecule has 2 N–H and O–H groups in total. The first-order chi connectivity index (χ1) is 13.0. The van der Waals surface area contributed by atoms with Gasteiger partial charge in [0.2, 0.25) is 5.91 Å². The molecule has 0 atom stereocenters. The van der Waals surface area contributed by atoms with E-state index in [4.69, 9.17) is 0 Å². The summed E-state index contributed by atoms with van der Waals surface area (Å²) in [6.07, 6.45) is 2.16. The van der Waals surface area contributed by atoms with Gasteiger partial charge in [0.05, 0.1) is 5.56 Å². The van der Waals surface area contributed by atoms with Crippen LogP contribution in [0.15, 0.2) is 29.6 Å². The largest absolute Gasteiger partial charge is 0.507 e. The number of likely N-dealkylation sites (tertiary alicyclic amines) is 1. The Morgan fingerprint density at radius 1 is 1.22 bits per heavy atom. The molecule has 0 unspecified atom stereocenters. The van der Waals surface area contributed by atoms with Gasteiger partial charge in [-0.25, -0.2) is 0 Å². The van der Waals surface area contributed by atoms with E-state index in [1.807, 2.05) is 31.4 Å². The lowest BCUT2D eigenvalue weighted by atomic mass is 9.95. The van der Waals surface area contributed by atoms with Crippen LogP contribution in [-0.4, -0.2) is 41.5 Å². The third kappa shape index (κ3) is 4.50. The molecule has 2 amide bonds. The number of aromatic hydroxyl groups is 1. The van der Waals surface area contributed by atoms with Crippen molar-refractivity contribution in [2.24, 2.45) is 5.92 Å². The predicted molar refractivity (Wildman–Crippen MR) is 107 cm³/mol. The van der Waals surface area contributed by atoms with Crippen molar-refractivity contribution in [3.05, 3.63) is 51.2 Å². The Balaban J connectivity index is 1.50. The van der Waals surface area contributed by atoms with E-state index in [1.54, 1.807) is 22.3 Å². The molecule has 0 aliphatic carbocycles. The van der Waals surface area contributed by atoms with Crippen LogP contribution >= 0.6 is 11.3 Å². The number of rotatable bonds is 5. The number of phenolic OH excluding ortho intramolecular Hbond substituents is 1. The van der Waals surface area contributed by atoms with Crippen molar-refractivity contribution in [2.75, 3.05) is 19.6 Å². The number of phenols is 1. The molecule has 1 aliphatic heterocycles. The zero-order chi connectivity index (χ0) is 19.4. The lowest BCUT2D eigenvalue weighted by Crippen LogP contribution is -2.43. The van der Waals surface area contributed by atoms with Gasteiger partial charge in [-0.2, -0.15) is 0 Å². The Morgan fingerprint density at radius 2 is 1.96 bits per heavy atom. The lowest BCUT2D eigenvalue weighted by molar-refractivity contribution is -0.126. The maximum Gasteiger partial charge on any atom is 0.257 e. The van der Waals surface area contributed by atoms with Crippen molar-refractivity contribution < 1.29 is 14.7 Å². The van der Waals surface area contributed by atoms with Crippen LogP contribution in [-0.2, 0) is 11.2 Å². The Labute approximate surface area is 164 Å². The molecule has 0 spiro atoms. The van der Waals surface area contributed by atoms with Crippen LogP contribution in [0.1, 0.15) is 39.2 Å². The van der Waals surface area contributed by atoms with Gasteiger partial charge >= 0.3 is 0 Å². The van der Waals surface area contributed by atoms with Gasteiger partial charge in [0.1, 0.15) is 5.75 Å². The minimum absolute atomic E-state index is 0.0502. The monoisotopic (exact) mass is 386 g/mol. The summed E-state index contributed by atoms with van der Waals surface area (Å²) in [5.41, 5.74) is 2.04. The van der Waals surface area contributed by atoms with Crippen molar-refractivity contribution >= 4 is 23.2 Å². The Kier molecular flexibility index (Phi) is 6.16. The van der Waals surface area contributed by atoms with Crippen LogP contribution in [0.25, 0.3) is 0 Å². The third-order valence-electron chi connectivity index (χ3n) is 5.34. The summed E-state index contributed by atoms with van der Waals surface area (Å²) in [4.78, 5) is 28.1. The van der Waals surface area contributed by atoms with Crippen molar-refractivity contribution in [2.45, 2.75) is 33.1 Å². The van der Waals surface area contributed by atoms with E-state index in [9.17, 15) is 14.7 Å². The average Bonchev–Trinajstić information content (AvgIpc) is 3.19. The first-order valence-corrected chi connectivity index (χ1v) is 10.2. The lowest BCUT2D eigenvalue weighted by Gasteiger charge is -2.31. The van der Waals surface area contributed by atoms with Gasteiger partial charge in [0, 0.05) is 30.4 Å². The van der Waals surface area contributed by atoms with Gasteiger partial charge in [-0.05, 0) is 61.7 Å². The number of nitrogens with zero attached hydrogens (tertiary/aromatic N) is 1. The number of aryl methyl sites for hydroxylation is 1. The molecule has 6 heteroatoms. The molecule has 5 nitrogen and oxygen atoms in total. The number of nitrogens with one attached hydrogen (secondary N) is 1. The fraction of sp³-hybridized carbons (Fsp3) is 0.429. The molecule has 1 saturated heterocycles. The number of carbonyl (C=O) groups excluding carboxylic acids is 2. The topological polar surface area (TPSA) is 69.6 Å². The molecule has 0 radical (unpaired) electrons. The molecule has 27 heavy (non-hydrogen) atoms. The van der Waals surface area contributed by atoms with Crippen molar-refractivity contribution in [1.29, 1.82) is 0 Å². The highest BCUT2D eigenvalue weighted by Crippen LogP contribution is 2.27. The Bertz CT molecular complexity index is 809. The quantitative estimate of drug-likeness (QED) is 0.828. The first-order valence-electron chi connectivity index (χ1n) is 9.36. The number of carbonyl (C=O) groups is 2.